The Morgan fingerprint density at radius 3 is 2.47 bits per heavy atom. The minimum atomic E-state index is -4.44. The number of benzene rings is 2. The van der Waals surface area contributed by atoms with E-state index in [9.17, 15) is 22.8 Å². The Balaban J connectivity index is 1.38. The van der Waals surface area contributed by atoms with Gasteiger partial charge in [-0.05, 0) is 74.5 Å². The third kappa shape index (κ3) is 5.77. The Bertz CT molecular complexity index is 1360. The number of hydrogen-bond acceptors (Lipinski definition) is 6. The summed E-state index contributed by atoms with van der Waals surface area (Å²) in [6, 6.07) is 11.7. The molecule has 0 saturated carbocycles. The first-order chi connectivity index (χ1) is 18.2. The Morgan fingerprint density at radius 2 is 1.87 bits per heavy atom. The summed E-state index contributed by atoms with van der Waals surface area (Å²) in [7, 11) is 0. The maximum atomic E-state index is 13.3. The summed E-state index contributed by atoms with van der Waals surface area (Å²) in [6.07, 6.45) is -2.38. The van der Waals surface area contributed by atoms with Gasteiger partial charge in [-0.2, -0.15) is 13.2 Å². The number of ether oxygens (including phenoxy) is 1. The van der Waals surface area contributed by atoms with Crippen LogP contribution in [0.5, 0.6) is 11.5 Å². The average molecular weight is 526 g/mol. The fourth-order valence-electron chi connectivity index (χ4n) is 4.51. The normalized spacial score (nSPS) is 17.7. The van der Waals surface area contributed by atoms with Gasteiger partial charge in [0, 0.05) is 42.2 Å². The van der Waals surface area contributed by atoms with Crippen LogP contribution in [0.2, 0.25) is 0 Å². The number of rotatable bonds is 8. The molecule has 1 atom stereocenters. The molecule has 2 aliphatic rings. The largest absolute Gasteiger partial charge is 0.457 e. The van der Waals surface area contributed by atoms with E-state index in [1.54, 1.807) is 24.3 Å². The van der Waals surface area contributed by atoms with Gasteiger partial charge in [0.1, 0.15) is 17.2 Å². The zero-order valence-electron chi connectivity index (χ0n) is 20.4. The SMILES string of the molecule is NC(=O)c1cc(C[C@H]2CCNC2=O)nc(-c2ccc(Oc3ccc(C(F)(F)F)cc3CN3CCC3)cc2)n1. The van der Waals surface area contributed by atoms with Crippen LogP contribution in [-0.4, -0.2) is 46.3 Å². The summed E-state index contributed by atoms with van der Waals surface area (Å²) in [5.74, 6) is 0.0542. The Labute approximate surface area is 217 Å². The van der Waals surface area contributed by atoms with Crippen LogP contribution in [0.1, 0.15) is 40.2 Å². The number of amides is 2. The summed E-state index contributed by atoms with van der Waals surface area (Å²) in [5, 5.41) is 2.78. The summed E-state index contributed by atoms with van der Waals surface area (Å²) >= 11 is 0. The van der Waals surface area contributed by atoms with Crippen molar-refractivity contribution >= 4 is 11.8 Å². The highest BCUT2D eigenvalue weighted by atomic mass is 19.4. The molecule has 2 fully saturated rings. The lowest BCUT2D eigenvalue weighted by Crippen LogP contribution is -2.36. The Hall–Kier alpha value is -3.99. The number of likely N-dealkylation sites (tertiary alicyclic amines) is 1. The van der Waals surface area contributed by atoms with Crippen molar-refractivity contribution in [3.63, 3.8) is 0 Å². The van der Waals surface area contributed by atoms with Crippen LogP contribution in [0.3, 0.4) is 0 Å². The number of carbonyl (C=O) groups is 2. The van der Waals surface area contributed by atoms with Crippen LogP contribution in [0.15, 0.2) is 48.5 Å². The van der Waals surface area contributed by atoms with E-state index in [-0.39, 0.29) is 23.3 Å². The summed E-state index contributed by atoms with van der Waals surface area (Å²) < 4.78 is 45.8. The van der Waals surface area contributed by atoms with E-state index >= 15 is 0 Å². The molecule has 0 unspecified atom stereocenters. The van der Waals surface area contributed by atoms with E-state index in [0.717, 1.165) is 31.6 Å². The van der Waals surface area contributed by atoms with Gasteiger partial charge in [-0.25, -0.2) is 9.97 Å². The molecule has 38 heavy (non-hydrogen) atoms. The molecule has 1 aromatic heterocycles. The second kappa shape index (κ2) is 10.4. The molecule has 5 rings (SSSR count). The van der Waals surface area contributed by atoms with Crippen molar-refractivity contribution in [3.8, 4) is 22.9 Å². The number of alkyl halides is 3. The van der Waals surface area contributed by atoms with Gasteiger partial charge in [0.2, 0.25) is 5.91 Å². The molecule has 0 aliphatic carbocycles. The van der Waals surface area contributed by atoms with Gasteiger partial charge in [0.25, 0.3) is 5.91 Å². The number of halogens is 3. The third-order valence-corrected chi connectivity index (χ3v) is 6.72. The van der Waals surface area contributed by atoms with Gasteiger partial charge < -0.3 is 15.8 Å². The van der Waals surface area contributed by atoms with Crippen LogP contribution < -0.4 is 15.8 Å². The number of nitrogens with zero attached hydrogens (tertiary/aromatic N) is 3. The minimum absolute atomic E-state index is 0.0455. The first-order valence-corrected chi connectivity index (χ1v) is 12.3. The van der Waals surface area contributed by atoms with Crippen molar-refractivity contribution in [1.82, 2.24) is 20.2 Å². The van der Waals surface area contributed by atoms with E-state index in [4.69, 9.17) is 10.5 Å². The maximum Gasteiger partial charge on any atom is 0.416 e. The predicted octanol–water partition coefficient (Wildman–Crippen LogP) is 3.94. The molecular formula is C27H26F3N5O3. The molecule has 3 aromatic rings. The molecule has 2 aromatic carbocycles. The van der Waals surface area contributed by atoms with E-state index in [1.165, 1.54) is 12.1 Å². The first kappa shape index (κ1) is 25.7. The predicted molar refractivity (Wildman–Crippen MR) is 132 cm³/mol. The highest BCUT2D eigenvalue weighted by Gasteiger charge is 2.32. The van der Waals surface area contributed by atoms with Crippen LogP contribution in [0, 0.1) is 5.92 Å². The molecular weight excluding hydrogens is 499 g/mol. The van der Waals surface area contributed by atoms with Gasteiger partial charge in [0.15, 0.2) is 5.82 Å². The fraction of sp³-hybridized carbons (Fsp3) is 0.333. The van der Waals surface area contributed by atoms with E-state index in [0.29, 0.717) is 54.3 Å². The molecule has 0 radical (unpaired) electrons. The lowest BCUT2D eigenvalue weighted by Gasteiger charge is -2.31. The van der Waals surface area contributed by atoms with Gasteiger partial charge >= 0.3 is 6.18 Å². The summed E-state index contributed by atoms with van der Waals surface area (Å²) in [6.45, 7) is 2.64. The quantitative estimate of drug-likeness (QED) is 0.461. The van der Waals surface area contributed by atoms with Crippen molar-refractivity contribution in [2.24, 2.45) is 11.7 Å². The van der Waals surface area contributed by atoms with Crippen molar-refractivity contribution in [2.45, 2.75) is 32.0 Å². The number of aromatic nitrogens is 2. The van der Waals surface area contributed by atoms with Crippen LogP contribution in [-0.2, 0) is 23.9 Å². The lowest BCUT2D eigenvalue weighted by atomic mass is 10.0. The van der Waals surface area contributed by atoms with Crippen molar-refractivity contribution in [3.05, 3.63) is 71.0 Å². The van der Waals surface area contributed by atoms with E-state index in [2.05, 4.69) is 20.2 Å². The third-order valence-electron chi connectivity index (χ3n) is 6.72. The molecule has 0 bridgehead atoms. The average Bonchev–Trinajstić information content (AvgIpc) is 3.25. The van der Waals surface area contributed by atoms with Gasteiger partial charge in [0.05, 0.1) is 5.56 Å². The first-order valence-electron chi connectivity index (χ1n) is 12.3. The number of nitrogens with two attached hydrogens (primary N) is 1. The topological polar surface area (TPSA) is 110 Å². The molecule has 198 valence electrons. The number of hydrogen-bond donors (Lipinski definition) is 2. The van der Waals surface area contributed by atoms with Gasteiger partial charge in [-0.15, -0.1) is 0 Å². The van der Waals surface area contributed by atoms with Crippen LogP contribution in [0.25, 0.3) is 11.4 Å². The monoisotopic (exact) mass is 525 g/mol. The second-order valence-corrected chi connectivity index (χ2v) is 9.49. The van der Waals surface area contributed by atoms with Crippen LogP contribution >= 0.6 is 0 Å². The molecule has 2 saturated heterocycles. The molecule has 3 heterocycles. The van der Waals surface area contributed by atoms with E-state index in [1.807, 2.05) is 0 Å². The molecule has 2 amide bonds. The highest BCUT2D eigenvalue weighted by molar-refractivity contribution is 5.91. The standard InChI is InChI=1S/C27H26F3N5O3/c28-27(29,30)19-4-7-23(18(12-19)15-35-10-1-11-35)38-21-5-2-16(3-6-21)25-33-20(14-22(34-25)24(31)36)13-17-8-9-32-26(17)37/h2-7,12,14,17H,1,8-11,13,15H2,(H2,31,36)(H,32,37)/t17-/m1/s1. The van der Waals surface area contributed by atoms with Crippen molar-refractivity contribution in [1.29, 1.82) is 0 Å². The minimum Gasteiger partial charge on any atom is -0.457 e. The van der Waals surface area contributed by atoms with Crippen molar-refractivity contribution in [2.75, 3.05) is 19.6 Å². The number of primary amides is 1. The molecule has 3 N–H and O–H groups in total. The second-order valence-electron chi connectivity index (χ2n) is 9.49. The smallest absolute Gasteiger partial charge is 0.416 e. The molecule has 8 nitrogen and oxygen atoms in total. The van der Waals surface area contributed by atoms with Crippen LogP contribution in [0.4, 0.5) is 13.2 Å². The Kier molecular flexibility index (Phi) is 7.02. The maximum absolute atomic E-state index is 13.3. The van der Waals surface area contributed by atoms with Gasteiger partial charge in [-0.1, -0.05) is 0 Å². The zero-order valence-corrected chi connectivity index (χ0v) is 20.4. The summed E-state index contributed by atoms with van der Waals surface area (Å²) in [4.78, 5) is 34.7. The lowest BCUT2D eigenvalue weighted by molar-refractivity contribution is -0.137. The molecule has 2 aliphatic heterocycles. The number of carbonyl (C=O) groups excluding carboxylic acids is 2. The fourth-order valence-corrected chi connectivity index (χ4v) is 4.51. The van der Waals surface area contributed by atoms with Gasteiger partial charge in [-0.3, -0.25) is 14.5 Å². The van der Waals surface area contributed by atoms with Crippen molar-refractivity contribution < 1.29 is 27.5 Å². The number of nitrogens with one attached hydrogen (secondary N) is 1. The molecule has 0 spiro atoms. The summed E-state index contributed by atoms with van der Waals surface area (Å²) in [5.41, 5.74) is 6.39. The Morgan fingerprint density at radius 1 is 1.11 bits per heavy atom. The molecule has 11 heteroatoms. The van der Waals surface area contributed by atoms with E-state index < -0.39 is 17.6 Å². The highest BCUT2D eigenvalue weighted by Crippen LogP contribution is 2.35. The zero-order chi connectivity index (χ0) is 26.9.